The zero-order chi connectivity index (χ0) is 15.6. The third-order valence-electron chi connectivity index (χ3n) is 4.33. The van der Waals surface area contributed by atoms with Crippen molar-refractivity contribution in [3.63, 3.8) is 0 Å². The van der Waals surface area contributed by atoms with Gasteiger partial charge in [0.15, 0.2) is 0 Å². The monoisotopic (exact) mass is 319 g/mol. The zero-order valence-electron chi connectivity index (χ0n) is 11.9. The van der Waals surface area contributed by atoms with E-state index in [4.69, 9.17) is 0 Å². The van der Waals surface area contributed by atoms with E-state index < -0.39 is 10.8 Å². The number of nitrogens with zero attached hydrogens (tertiary/aromatic N) is 1. The molecule has 1 unspecified atom stereocenters. The van der Waals surface area contributed by atoms with Crippen LogP contribution in [0, 0.1) is 5.82 Å². The van der Waals surface area contributed by atoms with E-state index in [-0.39, 0.29) is 5.82 Å². The van der Waals surface area contributed by atoms with Crippen LogP contribution in [0.4, 0.5) is 4.39 Å². The summed E-state index contributed by atoms with van der Waals surface area (Å²) in [6.07, 6.45) is 1.73. The first-order valence-corrected chi connectivity index (χ1v) is 8.41. The van der Waals surface area contributed by atoms with Crippen molar-refractivity contribution in [2.24, 2.45) is 0 Å². The van der Waals surface area contributed by atoms with Crippen LogP contribution in [0.3, 0.4) is 0 Å². The molecule has 0 radical (unpaired) electrons. The van der Waals surface area contributed by atoms with Crippen molar-refractivity contribution in [3.8, 4) is 11.3 Å². The fourth-order valence-electron chi connectivity index (χ4n) is 3.33. The van der Waals surface area contributed by atoms with Crippen LogP contribution in [0.2, 0.25) is 0 Å². The molecule has 4 aromatic rings. The van der Waals surface area contributed by atoms with Crippen molar-refractivity contribution in [3.05, 3.63) is 66.6 Å². The molecule has 0 aliphatic carbocycles. The molecule has 0 amide bonds. The minimum atomic E-state index is -1.26. The van der Waals surface area contributed by atoms with E-state index in [9.17, 15) is 8.60 Å². The molecule has 110 valence electrons. The second-order valence-electron chi connectivity index (χ2n) is 5.59. The van der Waals surface area contributed by atoms with Gasteiger partial charge in [0.2, 0.25) is 0 Å². The van der Waals surface area contributed by atoms with E-state index in [2.05, 4.69) is 4.98 Å². The highest BCUT2D eigenvalue weighted by Gasteiger charge is 2.25. The van der Waals surface area contributed by atoms with Gasteiger partial charge in [-0.15, -0.1) is 0 Å². The molecule has 0 saturated carbocycles. The Hall–Kier alpha value is -2.59. The molecule has 0 fully saturated rings. The Morgan fingerprint density at radius 2 is 1.78 bits per heavy atom. The maximum atomic E-state index is 13.7. The maximum Gasteiger partial charge on any atom is 0.123 e. The Morgan fingerprint density at radius 3 is 2.70 bits per heavy atom. The van der Waals surface area contributed by atoms with Crippen molar-refractivity contribution < 1.29 is 8.60 Å². The van der Waals surface area contributed by atoms with Gasteiger partial charge in [-0.25, -0.2) is 8.60 Å². The Labute approximate surface area is 134 Å². The molecular formula is C19H10FNOS. The van der Waals surface area contributed by atoms with E-state index in [0.29, 0.717) is 0 Å². The fraction of sp³-hybridized carbons (Fsp3) is 0. The molecule has 23 heavy (non-hydrogen) atoms. The highest BCUT2D eigenvalue weighted by molar-refractivity contribution is 7.85. The van der Waals surface area contributed by atoms with Crippen LogP contribution < -0.4 is 0 Å². The number of hydrogen-bond donors (Lipinski definition) is 0. The summed E-state index contributed by atoms with van der Waals surface area (Å²) in [5, 5.41) is 3.47. The number of halogens is 1. The highest BCUT2D eigenvalue weighted by atomic mass is 32.2. The standard InChI is InChI=1S/C19H10FNOS/c20-12-6-5-11-9-17-18-13(15(11)10-12)7-8-21-19(18)14-3-1-2-4-16(14)23(17)22/h1-10H. The summed E-state index contributed by atoms with van der Waals surface area (Å²) in [6, 6.07) is 16.1. The zero-order valence-corrected chi connectivity index (χ0v) is 12.7. The first-order chi connectivity index (χ1) is 11.2. The van der Waals surface area contributed by atoms with E-state index in [1.165, 1.54) is 12.1 Å². The van der Waals surface area contributed by atoms with Gasteiger partial charge < -0.3 is 0 Å². The Morgan fingerprint density at radius 1 is 0.913 bits per heavy atom. The van der Waals surface area contributed by atoms with Crippen LogP contribution >= 0.6 is 0 Å². The van der Waals surface area contributed by atoms with Crippen molar-refractivity contribution >= 4 is 32.3 Å². The molecule has 2 nitrogen and oxygen atoms in total. The number of hydrogen-bond acceptors (Lipinski definition) is 2. The van der Waals surface area contributed by atoms with Crippen molar-refractivity contribution in [1.82, 2.24) is 4.98 Å². The van der Waals surface area contributed by atoms with Gasteiger partial charge in [-0.1, -0.05) is 24.3 Å². The topological polar surface area (TPSA) is 30.0 Å². The minimum Gasteiger partial charge on any atom is -0.255 e. The first kappa shape index (κ1) is 12.9. The Balaban J connectivity index is 2.07. The Kier molecular flexibility index (Phi) is 2.50. The van der Waals surface area contributed by atoms with Gasteiger partial charge in [-0.3, -0.25) is 4.98 Å². The average molecular weight is 319 g/mol. The molecule has 0 bridgehead atoms. The van der Waals surface area contributed by atoms with Gasteiger partial charge in [0, 0.05) is 17.1 Å². The summed E-state index contributed by atoms with van der Waals surface area (Å²) in [7, 11) is -1.26. The van der Waals surface area contributed by atoms with Gasteiger partial charge in [0.1, 0.15) is 5.82 Å². The second-order valence-corrected chi connectivity index (χ2v) is 7.00. The lowest BCUT2D eigenvalue weighted by Crippen LogP contribution is -2.05. The van der Waals surface area contributed by atoms with Crippen molar-refractivity contribution in [2.45, 2.75) is 9.79 Å². The van der Waals surface area contributed by atoms with E-state index in [0.717, 1.165) is 42.6 Å². The molecule has 1 aromatic heterocycles. The van der Waals surface area contributed by atoms with Crippen LogP contribution in [0.5, 0.6) is 0 Å². The van der Waals surface area contributed by atoms with Gasteiger partial charge in [0.05, 0.1) is 26.3 Å². The molecular weight excluding hydrogens is 309 g/mol. The molecule has 5 rings (SSSR count). The summed E-state index contributed by atoms with van der Waals surface area (Å²) in [6.45, 7) is 0. The van der Waals surface area contributed by atoms with Crippen molar-refractivity contribution in [1.29, 1.82) is 0 Å². The third kappa shape index (κ3) is 1.67. The Bertz CT molecular complexity index is 1150. The predicted octanol–water partition coefficient (Wildman–Crippen LogP) is 4.67. The summed E-state index contributed by atoms with van der Waals surface area (Å²) in [5.74, 6) is -0.275. The SMILES string of the molecule is O=S1c2ccccc2-c2nccc3c2c1cc1ccc(F)cc13. The van der Waals surface area contributed by atoms with E-state index >= 15 is 0 Å². The van der Waals surface area contributed by atoms with Crippen LogP contribution in [0.25, 0.3) is 32.8 Å². The lowest BCUT2D eigenvalue weighted by molar-refractivity contribution is 0.630. The summed E-state index contributed by atoms with van der Waals surface area (Å²) >= 11 is 0. The first-order valence-electron chi connectivity index (χ1n) is 7.26. The number of benzene rings is 3. The normalized spacial score (nSPS) is 15.8. The smallest absolute Gasteiger partial charge is 0.123 e. The highest BCUT2D eigenvalue weighted by Crippen LogP contribution is 2.43. The molecule has 1 aliphatic heterocycles. The summed E-state index contributed by atoms with van der Waals surface area (Å²) < 4.78 is 26.7. The largest absolute Gasteiger partial charge is 0.255 e. The number of aromatic nitrogens is 1. The molecule has 3 aromatic carbocycles. The summed E-state index contributed by atoms with van der Waals surface area (Å²) in [5.41, 5.74) is 1.71. The van der Waals surface area contributed by atoms with E-state index in [1.54, 1.807) is 12.3 Å². The average Bonchev–Trinajstić information content (AvgIpc) is 2.59. The minimum absolute atomic E-state index is 0.275. The number of pyridine rings is 1. The van der Waals surface area contributed by atoms with Gasteiger partial charge >= 0.3 is 0 Å². The second kappa shape index (κ2) is 4.46. The predicted molar refractivity (Wildman–Crippen MR) is 89.3 cm³/mol. The molecule has 4 heteroatoms. The van der Waals surface area contributed by atoms with Crippen LogP contribution in [0.15, 0.2) is 70.6 Å². The summed E-state index contributed by atoms with van der Waals surface area (Å²) in [4.78, 5) is 6.04. The molecule has 0 spiro atoms. The third-order valence-corrected chi connectivity index (χ3v) is 5.81. The molecule has 1 atom stereocenters. The van der Waals surface area contributed by atoms with Crippen molar-refractivity contribution in [2.75, 3.05) is 0 Å². The molecule has 1 aliphatic rings. The fourth-order valence-corrected chi connectivity index (χ4v) is 4.76. The number of fused-ring (bicyclic) bond motifs is 4. The molecule has 2 heterocycles. The van der Waals surface area contributed by atoms with Crippen LogP contribution in [-0.2, 0) is 10.8 Å². The van der Waals surface area contributed by atoms with E-state index in [1.807, 2.05) is 36.4 Å². The van der Waals surface area contributed by atoms with Crippen LogP contribution in [-0.4, -0.2) is 9.19 Å². The maximum absolute atomic E-state index is 13.7. The quantitative estimate of drug-likeness (QED) is 0.388. The van der Waals surface area contributed by atoms with Crippen LogP contribution in [0.1, 0.15) is 0 Å². The van der Waals surface area contributed by atoms with Gasteiger partial charge in [-0.2, -0.15) is 0 Å². The molecule has 0 saturated heterocycles. The molecule has 0 N–H and O–H groups in total. The van der Waals surface area contributed by atoms with Gasteiger partial charge in [0.25, 0.3) is 0 Å². The lowest BCUT2D eigenvalue weighted by Gasteiger charge is -2.20. The number of rotatable bonds is 0. The lowest BCUT2D eigenvalue weighted by atomic mass is 9.98. The van der Waals surface area contributed by atoms with Gasteiger partial charge in [-0.05, 0) is 46.5 Å².